The Hall–Kier alpha value is -3.59. The van der Waals surface area contributed by atoms with Gasteiger partial charge in [-0.05, 0) is 49.1 Å². The summed E-state index contributed by atoms with van der Waals surface area (Å²) in [7, 11) is 0. The highest BCUT2D eigenvalue weighted by molar-refractivity contribution is 7.10. The lowest BCUT2D eigenvalue weighted by molar-refractivity contribution is 0.619. The molecule has 156 valence electrons. The van der Waals surface area contributed by atoms with Crippen LogP contribution in [0.3, 0.4) is 0 Å². The van der Waals surface area contributed by atoms with Gasteiger partial charge in [0.25, 0.3) is 0 Å². The van der Waals surface area contributed by atoms with Crippen molar-refractivity contribution >= 4 is 28.0 Å². The molecule has 0 saturated heterocycles. The molecule has 7 nitrogen and oxygen atoms in total. The number of hydrogen-bond donors (Lipinski definition) is 2. The SMILES string of the molecule is CCc1cc(-c2cnc3c(Nc4cc(Cc5ccc(F)cn5)ns4)nc(C)cn23)c[nH]1. The smallest absolute Gasteiger partial charge is 0.180 e. The molecule has 0 radical (unpaired) electrons. The van der Waals surface area contributed by atoms with Gasteiger partial charge in [0.15, 0.2) is 11.5 Å². The third kappa shape index (κ3) is 3.91. The number of nitrogens with one attached hydrogen (secondary N) is 2. The van der Waals surface area contributed by atoms with E-state index in [1.165, 1.54) is 29.5 Å². The van der Waals surface area contributed by atoms with E-state index in [-0.39, 0.29) is 5.82 Å². The normalized spacial score (nSPS) is 11.3. The van der Waals surface area contributed by atoms with E-state index in [9.17, 15) is 4.39 Å². The van der Waals surface area contributed by atoms with Crippen molar-refractivity contribution in [2.45, 2.75) is 26.7 Å². The Morgan fingerprint density at radius 2 is 2.06 bits per heavy atom. The number of pyridine rings is 1. The molecule has 5 rings (SSSR count). The van der Waals surface area contributed by atoms with Gasteiger partial charge in [0.1, 0.15) is 10.8 Å². The quantitative estimate of drug-likeness (QED) is 0.397. The Labute approximate surface area is 182 Å². The standard InChI is InChI=1S/C22H20FN7S/c1-3-16-6-14(9-24-16)19-11-26-22-21(27-13(2)12-30(19)22)28-20-8-18(29-31-20)7-17-5-4-15(23)10-25-17/h4-6,8-12,24H,3,7H2,1-2H3,(H,27,28). The van der Waals surface area contributed by atoms with Crippen LogP contribution in [0.4, 0.5) is 15.2 Å². The van der Waals surface area contributed by atoms with Crippen LogP contribution >= 0.6 is 11.5 Å². The first-order chi connectivity index (χ1) is 15.1. The summed E-state index contributed by atoms with van der Waals surface area (Å²) in [5.41, 5.74) is 6.53. The fourth-order valence-corrected chi connectivity index (χ4v) is 4.13. The molecule has 5 heterocycles. The molecule has 0 aliphatic heterocycles. The van der Waals surface area contributed by atoms with Gasteiger partial charge in [-0.25, -0.2) is 14.4 Å². The topological polar surface area (TPSA) is 83.8 Å². The number of H-pyrrole nitrogens is 1. The van der Waals surface area contributed by atoms with Crippen LogP contribution in [0.1, 0.15) is 29.7 Å². The van der Waals surface area contributed by atoms with Crippen molar-refractivity contribution in [3.05, 3.63) is 77.6 Å². The Morgan fingerprint density at radius 3 is 2.84 bits per heavy atom. The Kier molecular flexibility index (Phi) is 4.95. The highest BCUT2D eigenvalue weighted by Gasteiger charge is 2.14. The number of fused-ring (bicyclic) bond motifs is 1. The van der Waals surface area contributed by atoms with Crippen LogP contribution in [-0.4, -0.2) is 28.7 Å². The largest absolute Gasteiger partial charge is 0.364 e. The molecule has 9 heteroatoms. The zero-order valence-corrected chi connectivity index (χ0v) is 17.9. The van der Waals surface area contributed by atoms with Gasteiger partial charge in [0.05, 0.1) is 29.5 Å². The van der Waals surface area contributed by atoms with E-state index in [0.717, 1.165) is 45.4 Å². The highest BCUT2D eigenvalue weighted by atomic mass is 32.1. The highest BCUT2D eigenvalue weighted by Crippen LogP contribution is 2.28. The van der Waals surface area contributed by atoms with E-state index >= 15 is 0 Å². The molecular formula is C22H20FN7S. The van der Waals surface area contributed by atoms with E-state index in [1.807, 2.05) is 31.6 Å². The molecule has 0 spiro atoms. The number of imidazole rings is 1. The van der Waals surface area contributed by atoms with Gasteiger partial charge < -0.3 is 10.3 Å². The molecule has 31 heavy (non-hydrogen) atoms. The number of aromatic nitrogens is 6. The van der Waals surface area contributed by atoms with Crippen molar-refractivity contribution in [3.63, 3.8) is 0 Å². The molecular weight excluding hydrogens is 413 g/mol. The summed E-state index contributed by atoms with van der Waals surface area (Å²) in [4.78, 5) is 16.7. The first-order valence-corrected chi connectivity index (χ1v) is 10.7. The van der Waals surface area contributed by atoms with Gasteiger partial charge in [-0.15, -0.1) is 0 Å². The Morgan fingerprint density at radius 1 is 1.16 bits per heavy atom. The average Bonchev–Trinajstić information content (AvgIpc) is 3.49. The number of halogens is 1. The van der Waals surface area contributed by atoms with Crippen molar-refractivity contribution < 1.29 is 4.39 Å². The van der Waals surface area contributed by atoms with Gasteiger partial charge >= 0.3 is 0 Å². The van der Waals surface area contributed by atoms with Gasteiger partial charge in [0.2, 0.25) is 0 Å². The third-order valence-electron chi connectivity index (χ3n) is 4.98. The van der Waals surface area contributed by atoms with Crippen molar-refractivity contribution in [2.75, 3.05) is 5.32 Å². The average molecular weight is 434 g/mol. The number of anilines is 2. The maximum Gasteiger partial charge on any atom is 0.180 e. The second-order valence-electron chi connectivity index (χ2n) is 7.29. The minimum Gasteiger partial charge on any atom is -0.364 e. The van der Waals surface area contributed by atoms with E-state index in [4.69, 9.17) is 0 Å². The van der Waals surface area contributed by atoms with Crippen LogP contribution in [0.25, 0.3) is 16.9 Å². The van der Waals surface area contributed by atoms with Crippen LogP contribution in [0.15, 0.2) is 49.1 Å². The Bertz CT molecular complexity index is 1350. The number of aryl methyl sites for hydroxylation is 2. The fourth-order valence-electron chi connectivity index (χ4n) is 3.47. The molecule has 0 amide bonds. The van der Waals surface area contributed by atoms with Crippen LogP contribution in [0, 0.1) is 12.7 Å². The lowest BCUT2D eigenvalue weighted by Gasteiger charge is -2.07. The van der Waals surface area contributed by atoms with Crippen LogP contribution in [-0.2, 0) is 12.8 Å². The first-order valence-electron chi connectivity index (χ1n) is 9.94. The third-order valence-corrected chi connectivity index (χ3v) is 5.73. The van der Waals surface area contributed by atoms with Gasteiger partial charge in [-0.3, -0.25) is 9.38 Å². The fraction of sp³-hybridized carbons (Fsp3) is 0.182. The molecule has 5 aromatic rings. The van der Waals surface area contributed by atoms with Crippen molar-refractivity contribution in [1.82, 2.24) is 28.7 Å². The number of aromatic amines is 1. The first kappa shape index (κ1) is 19.4. The maximum absolute atomic E-state index is 13.1. The van der Waals surface area contributed by atoms with E-state index < -0.39 is 0 Å². The lowest BCUT2D eigenvalue weighted by atomic mass is 10.2. The second kappa shape index (κ2) is 7.92. The van der Waals surface area contributed by atoms with Crippen LogP contribution < -0.4 is 5.32 Å². The van der Waals surface area contributed by atoms with E-state index in [1.54, 1.807) is 6.07 Å². The zero-order valence-electron chi connectivity index (χ0n) is 17.1. The summed E-state index contributed by atoms with van der Waals surface area (Å²) in [5.74, 6) is 0.330. The molecule has 2 N–H and O–H groups in total. The number of hydrogen-bond acceptors (Lipinski definition) is 6. The van der Waals surface area contributed by atoms with Crippen molar-refractivity contribution in [3.8, 4) is 11.3 Å². The molecule has 0 aromatic carbocycles. The summed E-state index contributed by atoms with van der Waals surface area (Å²) in [6.07, 6.45) is 8.56. The summed E-state index contributed by atoms with van der Waals surface area (Å²) >= 11 is 1.35. The number of rotatable bonds is 6. The second-order valence-corrected chi connectivity index (χ2v) is 8.09. The van der Waals surface area contributed by atoms with Crippen molar-refractivity contribution in [1.29, 1.82) is 0 Å². The van der Waals surface area contributed by atoms with Crippen molar-refractivity contribution in [2.24, 2.45) is 0 Å². The molecule has 0 unspecified atom stereocenters. The molecule has 5 aromatic heterocycles. The minimum atomic E-state index is -0.344. The molecule has 0 atom stereocenters. The van der Waals surface area contributed by atoms with Gasteiger partial charge in [0, 0.05) is 35.8 Å². The summed E-state index contributed by atoms with van der Waals surface area (Å²) in [6.45, 7) is 4.08. The van der Waals surface area contributed by atoms with E-state index in [2.05, 4.69) is 47.0 Å². The summed E-state index contributed by atoms with van der Waals surface area (Å²) < 4.78 is 19.6. The molecule has 0 aliphatic carbocycles. The summed E-state index contributed by atoms with van der Waals surface area (Å²) in [6, 6.07) is 7.18. The summed E-state index contributed by atoms with van der Waals surface area (Å²) in [5, 5.41) is 4.22. The van der Waals surface area contributed by atoms with Gasteiger partial charge in [-0.1, -0.05) is 6.92 Å². The van der Waals surface area contributed by atoms with Crippen LogP contribution in [0.5, 0.6) is 0 Å². The predicted molar refractivity (Wildman–Crippen MR) is 119 cm³/mol. The minimum absolute atomic E-state index is 0.344. The number of nitrogens with zero attached hydrogens (tertiary/aromatic N) is 5. The monoisotopic (exact) mass is 433 g/mol. The molecule has 0 saturated carbocycles. The lowest BCUT2D eigenvalue weighted by Crippen LogP contribution is -2.00. The molecule has 0 aliphatic rings. The van der Waals surface area contributed by atoms with Gasteiger partial charge in [-0.2, -0.15) is 4.37 Å². The molecule has 0 bridgehead atoms. The Balaban J connectivity index is 1.43. The zero-order chi connectivity index (χ0) is 21.4. The van der Waals surface area contributed by atoms with E-state index in [0.29, 0.717) is 12.2 Å². The van der Waals surface area contributed by atoms with Crippen LogP contribution in [0.2, 0.25) is 0 Å². The molecule has 0 fully saturated rings. The maximum atomic E-state index is 13.1. The predicted octanol–water partition coefficient (Wildman–Crippen LogP) is 4.92.